The quantitative estimate of drug-likeness (QED) is 0.239. The minimum atomic E-state index is -0.285. The Morgan fingerprint density at radius 1 is 0.900 bits per heavy atom. The molecule has 3 aromatic carbocycles. The highest BCUT2D eigenvalue weighted by molar-refractivity contribution is 5.96. The minimum absolute atomic E-state index is 0.0442. The molecule has 40 heavy (non-hydrogen) atoms. The molecule has 8 heteroatoms. The van der Waals surface area contributed by atoms with Gasteiger partial charge in [0.1, 0.15) is 17.9 Å². The maximum absolute atomic E-state index is 13.8. The smallest absolute Gasteiger partial charge is 0.254 e. The SMILES string of the molecule is COCCCN(CC(=O)N(Cc1ccccc1)Cc1coc2ccc(C)cc2c1=O)C(=O)c1ccc(OC)cc1. The van der Waals surface area contributed by atoms with Crippen molar-refractivity contribution in [2.24, 2.45) is 0 Å². The van der Waals surface area contributed by atoms with E-state index in [-0.39, 0.29) is 36.9 Å². The Bertz CT molecular complexity index is 1500. The van der Waals surface area contributed by atoms with Crippen LogP contribution < -0.4 is 10.2 Å². The molecule has 8 nitrogen and oxygen atoms in total. The zero-order valence-electron chi connectivity index (χ0n) is 23.1. The summed E-state index contributed by atoms with van der Waals surface area (Å²) in [5.41, 5.74) is 2.99. The van der Waals surface area contributed by atoms with Crippen LogP contribution in [-0.4, -0.2) is 55.5 Å². The maximum Gasteiger partial charge on any atom is 0.254 e. The number of ether oxygens (including phenoxy) is 2. The normalized spacial score (nSPS) is 10.9. The number of methoxy groups -OCH3 is 2. The number of hydrogen-bond donors (Lipinski definition) is 0. The van der Waals surface area contributed by atoms with Crippen molar-refractivity contribution in [2.75, 3.05) is 33.9 Å². The topological polar surface area (TPSA) is 89.3 Å². The van der Waals surface area contributed by atoms with Crippen molar-refractivity contribution in [3.63, 3.8) is 0 Å². The summed E-state index contributed by atoms with van der Waals surface area (Å²) in [4.78, 5) is 43.7. The molecule has 2 amide bonds. The van der Waals surface area contributed by atoms with Crippen molar-refractivity contribution in [2.45, 2.75) is 26.4 Å². The number of fused-ring (bicyclic) bond motifs is 1. The molecule has 4 rings (SSSR count). The van der Waals surface area contributed by atoms with Crippen LogP contribution in [0.5, 0.6) is 5.75 Å². The molecule has 0 aliphatic heterocycles. The van der Waals surface area contributed by atoms with E-state index in [0.717, 1.165) is 11.1 Å². The van der Waals surface area contributed by atoms with Gasteiger partial charge in [0.15, 0.2) is 5.43 Å². The van der Waals surface area contributed by atoms with Gasteiger partial charge in [-0.05, 0) is 55.3 Å². The lowest BCUT2D eigenvalue weighted by atomic mass is 10.1. The van der Waals surface area contributed by atoms with Crippen LogP contribution in [0.15, 0.2) is 88.3 Å². The first-order chi connectivity index (χ1) is 19.4. The van der Waals surface area contributed by atoms with Crippen LogP contribution >= 0.6 is 0 Å². The maximum atomic E-state index is 13.8. The molecule has 0 atom stereocenters. The van der Waals surface area contributed by atoms with E-state index < -0.39 is 0 Å². The van der Waals surface area contributed by atoms with Crippen LogP contribution in [0.25, 0.3) is 11.0 Å². The van der Waals surface area contributed by atoms with Gasteiger partial charge in [-0.1, -0.05) is 42.0 Å². The Morgan fingerprint density at radius 2 is 1.65 bits per heavy atom. The van der Waals surface area contributed by atoms with E-state index >= 15 is 0 Å². The zero-order valence-corrected chi connectivity index (χ0v) is 23.1. The number of nitrogens with zero attached hydrogens (tertiary/aromatic N) is 2. The molecule has 0 aliphatic carbocycles. The van der Waals surface area contributed by atoms with E-state index in [9.17, 15) is 14.4 Å². The van der Waals surface area contributed by atoms with Gasteiger partial charge in [-0.25, -0.2) is 0 Å². The second-order valence-corrected chi connectivity index (χ2v) is 9.63. The molecule has 0 spiro atoms. The Labute approximate surface area is 233 Å². The molecule has 1 heterocycles. The van der Waals surface area contributed by atoms with E-state index in [1.807, 2.05) is 43.3 Å². The number of hydrogen-bond acceptors (Lipinski definition) is 6. The fourth-order valence-electron chi connectivity index (χ4n) is 4.47. The molecule has 0 radical (unpaired) electrons. The lowest BCUT2D eigenvalue weighted by Gasteiger charge is -2.28. The van der Waals surface area contributed by atoms with Crippen LogP contribution in [0.2, 0.25) is 0 Å². The molecule has 4 aromatic rings. The molecule has 0 N–H and O–H groups in total. The lowest BCUT2D eigenvalue weighted by molar-refractivity contribution is -0.133. The lowest BCUT2D eigenvalue weighted by Crippen LogP contribution is -2.43. The van der Waals surface area contributed by atoms with Gasteiger partial charge in [0, 0.05) is 32.4 Å². The first kappa shape index (κ1) is 28.6. The second kappa shape index (κ2) is 13.6. The van der Waals surface area contributed by atoms with Crippen molar-refractivity contribution in [3.05, 3.63) is 112 Å². The van der Waals surface area contributed by atoms with Gasteiger partial charge in [0.25, 0.3) is 5.91 Å². The molecule has 0 saturated heterocycles. The predicted molar refractivity (Wildman–Crippen MR) is 153 cm³/mol. The highest BCUT2D eigenvalue weighted by Crippen LogP contribution is 2.17. The third-order valence-corrected chi connectivity index (χ3v) is 6.66. The van der Waals surface area contributed by atoms with Crippen LogP contribution in [0.4, 0.5) is 0 Å². The zero-order chi connectivity index (χ0) is 28.5. The van der Waals surface area contributed by atoms with Crippen LogP contribution in [0.3, 0.4) is 0 Å². The molecular weight excluding hydrogens is 508 g/mol. The van der Waals surface area contributed by atoms with Gasteiger partial charge in [0.05, 0.1) is 30.9 Å². The Morgan fingerprint density at radius 3 is 2.35 bits per heavy atom. The van der Waals surface area contributed by atoms with E-state index in [1.165, 1.54) is 11.2 Å². The standard InChI is InChI=1S/C32H34N2O6/c1-23-10-15-29-28(18-23)31(36)26(22-40-29)20-34(19-24-8-5-4-6-9-24)30(35)21-33(16-7-17-38-2)32(37)25-11-13-27(39-3)14-12-25/h4-6,8-15,18,22H,7,16-17,19-21H2,1-3H3. The Hall–Kier alpha value is -4.43. The summed E-state index contributed by atoms with van der Waals surface area (Å²) >= 11 is 0. The summed E-state index contributed by atoms with van der Waals surface area (Å²) in [7, 11) is 3.16. The van der Waals surface area contributed by atoms with Gasteiger partial charge in [-0.3, -0.25) is 14.4 Å². The van der Waals surface area contributed by atoms with E-state index in [2.05, 4.69) is 0 Å². The van der Waals surface area contributed by atoms with Crippen LogP contribution in [-0.2, 0) is 22.6 Å². The Balaban J connectivity index is 1.62. The highest BCUT2D eigenvalue weighted by atomic mass is 16.5. The second-order valence-electron chi connectivity index (χ2n) is 9.63. The number of carbonyl (C=O) groups excluding carboxylic acids is 2. The molecule has 0 saturated carbocycles. The average Bonchev–Trinajstić information content (AvgIpc) is 2.98. The number of benzene rings is 3. The van der Waals surface area contributed by atoms with Crippen molar-refractivity contribution < 1.29 is 23.5 Å². The number of amides is 2. The first-order valence-electron chi connectivity index (χ1n) is 13.1. The van der Waals surface area contributed by atoms with Gasteiger partial charge < -0.3 is 23.7 Å². The van der Waals surface area contributed by atoms with Gasteiger partial charge in [-0.15, -0.1) is 0 Å². The molecule has 1 aromatic heterocycles. The predicted octanol–water partition coefficient (Wildman–Crippen LogP) is 4.82. The molecule has 0 aliphatic rings. The molecule has 0 fully saturated rings. The monoisotopic (exact) mass is 542 g/mol. The molecule has 208 valence electrons. The largest absolute Gasteiger partial charge is 0.497 e. The number of rotatable bonds is 12. The molecule has 0 bridgehead atoms. The summed E-state index contributed by atoms with van der Waals surface area (Å²) in [5, 5.41) is 0.473. The highest BCUT2D eigenvalue weighted by Gasteiger charge is 2.24. The summed E-state index contributed by atoms with van der Waals surface area (Å²) in [6.07, 6.45) is 1.99. The third-order valence-electron chi connectivity index (χ3n) is 6.66. The van der Waals surface area contributed by atoms with Crippen LogP contribution in [0, 0.1) is 6.92 Å². The summed E-state index contributed by atoms with van der Waals surface area (Å²) in [6.45, 7) is 2.86. The van der Waals surface area contributed by atoms with E-state index in [1.54, 1.807) is 55.5 Å². The fraction of sp³-hybridized carbons (Fsp3) is 0.281. The Kier molecular flexibility index (Phi) is 9.70. The van der Waals surface area contributed by atoms with Gasteiger partial charge in [0.2, 0.25) is 5.91 Å². The number of carbonyl (C=O) groups is 2. The van der Waals surface area contributed by atoms with E-state index in [4.69, 9.17) is 13.9 Å². The number of aryl methyl sites for hydroxylation is 1. The van der Waals surface area contributed by atoms with Crippen molar-refractivity contribution >= 4 is 22.8 Å². The average molecular weight is 543 g/mol. The van der Waals surface area contributed by atoms with E-state index in [0.29, 0.717) is 47.4 Å². The summed E-state index contributed by atoms with van der Waals surface area (Å²) in [6, 6.07) is 21.8. The summed E-state index contributed by atoms with van der Waals surface area (Å²) < 4.78 is 16.1. The minimum Gasteiger partial charge on any atom is -0.497 e. The van der Waals surface area contributed by atoms with Crippen molar-refractivity contribution in [1.29, 1.82) is 0 Å². The van der Waals surface area contributed by atoms with Crippen molar-refractivity contribution in [3.8, 4) is 5.75 Å². The van der Waals surface area contributed by atoms with Crippen molar-refractivity contribution in [1.82, 2.24) is 9.80 Å². The molecule has 0 unspecified atom stereocenters. The summed E-state index contributed by atoms with van der Waals surface area (Å²) in [5.74, 6) is 0.0799. The van der Waals surface area contributed by atoms with Gasteiger partial charge >= 0.3 is 0 Å². The first-order valence-corrected chi connectivity index (χ1v) is 13.1. The van der Waals surface area contributed by atoms with Gasteiger partial charge in [-0.2, -0.15) is 0 Å². The molecular formula is C32H34N2O6. The van der Waals surface area contributed by atoms with Crippen LogP contribution in [0.1, 0.15) is 33.5 Å². The third kappa shape index (κ3) is 7.15. The fourth-order valence-corrected chi connectivity index (χ4v) is 4.47.